The van der Waals surface area contributed by atoms with Crippen LogP contribution >= 0.6 is 11.8 Å². The molecule has 0 radical (unpaired) electrons. The maximum atomic E-state index is 10.2. The van der Waals surface area contributed by atoms with Crippen LogP contribution in [0.5, 0.6) is 0 Å². The summed E-state index contributed by atoms with van der Waals surface area (Å²) in [5.74, 6) is 0. The van der Waals surface area contributed by atoms with Crippen LogP contribution in [0.4, 0.5) is 4.79 Å². The van der Waals surface area contributed by atoms with Crippen molar-refractivity contribution in [3.63, 3.8) is 0 Å². The third-order valence-electron chi connectivity index (χ3n) is 0.954. The first-order chi connectivity index (χ1) is 4.57. The van der Waals surface area contributed by atoms with Gasteiger partial charge in [0, 0.05) is 7.05 Å². The fourth-order valence-electron chi connectivity index (χ4n) is 0.348. The number of carboxylic acid groups (broad SMARTS) is 1. The van der Waals surface area contributed by atoms with Gasteiger partial charge in [0.05, 0.1) is 11.6 Å². The van der Waals surface area contributed by atoms with Crippen molar-refractivity contribution in [2.24, 2.45) is 0 Å². The average molecular weight is 162 g/mol. The Morgan fingerprint density at radius 2 is 2.30 bits per heavy atom. The van der Waals surface area contributed by atoms with E-state index in [9.17, 15) is 4.79 Å². The molecule has 4 nitrogen and oxygen atoms in total. The molecular weight excluding hydrogens is 152 g/mol. The van der Waals surface area contributed by atoms with Gasteiger partial charge in [-0.25, -0.2) is 4.79 Å². The fourth-order valence-corrected chi connectivity index (χ4v) is 0.670. The van der Waals surface area contributed by atoms with Crippen molar-refractivity contribution in [1.29, 1.82) is 5.41 Å². The molecule has 0 aromatic carbocycles. The van der Waals surface area contributed by atoms with E-state index >= 15 is 0 Å². The molecule has 0 spiro atoms. The number of amides is 1. The van der Waals surface area contributed by atoms with Crippen LogP contribution in [0.15, 0.2) is 0 Å². The molecule has 0 bridgehead atoms. The van der Waals surface area contributed by atoms with Gasteiger partial charge >= 0.3 is 6.09 Å². The number of carbonyl (C=O) groups is 1. The Balaban J connectivity index is 3.68. The van der Waals surface area contributed by atoms with E-state index in [1.165, 1.54) is 18.8 Å². The van der Waals surface area contributed by atoms with Crippen LogP contribution in [0.3, 0.4) is 0 Å². The maximum absolute atomic E-state index is 10.2. The minimum Gasteiger partial charge on any atom is -0.465 e. The van der Waals surface area contributed by atoms with E-state index in [1.807, 2.05) is 0 Å². The van der Waals surface area contributed by atoms with Crippen molar-refractivity contribution in [3.05, 3.63) is 0 Å². The molecule has 0 aromatic heterocycles. The van der Waals surface area contributed by atoms with Crippen LogP contribution < -0.4 is 0 Å². The topological polar surface area (TPSA) is 64.4 Å². The van der Waals surface area contributed by atoms with Gasteiger partial charge in [-0.1, -0.05) is 0 Å². The van der Waals surface area contributed by atoms with Crippen LogP contribution in [0.1, 0.15) is 0 Å². The first-order valence-electron chi connectivity index (χ1n) is 2.63. The second-order valence-electron chi connectivity index (χ2n) is 1.77. The van der Waals surface area contributed by atoms with Gasteiger partial charge in [-0.15, -0.1) is 11.8 Å². The standard InChI is InChI=1S/C5H10N2O2S/c1-7(5(8)9)3-4(6)10-2/h6H,3H2,1-2H3,(H,8,9). The van der Waals surface area contributed by atoms with E-state index in [0.717, 1.165) is 4.90 Å². The molecule has 0 aliphatic rings. The molecular formula is C5H10N2O2S. The molecule has 0 aliphatic carbocycles. The van der Waals surface area contributed by atoms with E-state index in [-0.39, 0.29) is 6.54 Å². The van der Waals surface area contributed by atoms with Crippen molar-refractivity contribution < 1.29 is 9.90 Å². The molecule has 58 valence electrons. The largest absolute Gasteiger partial charge is 0.465 e. The molecule has 10 heavy (non-hydrogen) atoms. The van der Waals surface area contributed by atoms with Crippen molar-refractivity contribution in [3.8, 4) is 0 Å². The second kappa shape index (κ2) is 4.16. The second-order valence-corrected chi connectivity index (χ2v) is 2.67. The lowest BCUT2D eigenvalue weighted by Crippen LogP contribution is -2.29. The molecule has 5 heteroatoms. The number of hydrogen-bond acceptors (Lipinski definition) is 3. The molecule has 0 fully saturated rings. The predicted molar refractivity (Wildman–Crippen MR) is 41.9 cm³/mol. The van der Waals surface area contributed by atoms with Crippen LogP contribution in [0, 0.1) is 5.41 Å². The summed E-state index contributed by atoms with van der Waals surface area (Å²) in [5.41, 5.74) is 0. The lowest BCUT2D eigenvalue weighted by atomic mass is 10.6. The smallest absolute Gasteiger partial charge is 0.407 e. The monoisotopic (exact) mass is 162 g/mol. The van der Waals surface area contributed by atoms with E-state index in [0.29, 0.717) is 5.04 Å². The van der Waals surface area contributed by atoms with Crippen molar-refractivity contribution in [2.45, 2.75) is 0 Å². The molecule has 0 aromatic rings. The van der Waals surface area contributed by atoms with E-state index in [4.69, 9.17) is 10.5 Å². The van der Waals surface area contributed by atoms with Gasteiger partial charge in [0.15, 0.2) is 0 Å². The van der Waals surface area contributed by atoms with Gasteiger partial charge < -0.3 is 10.0 Å². The third kappa shape index (κ3) is 3.34. The van der Waals surface area contributed by atoms with Crippen LogP contribution in [-0.4, -0.2) is 41.0 Å². The summed E-state index contributed by atoms with van der Waals surface area (Å²) in [7, 11) is 1.44. The summed E-state index contributed by atoms with van der Waals surface area (Å²) >= 11 is 1.25. The Morgan fingerprint density at radius 1 is 1.80 bits per heavy atom. The first kappa shape index (κ1) is 9.29. The maximum Gasteiger partial charge on any atom is 0.407 e. The molecule has 1 amide bonds. The summed E-state index contributed by atoms with van der Waals surface area (Å²) in [6, 6.07) is 0. The summed E-state index contributed by atoms with van der Waals surface area (Å²) in [6.45, 7) is 0.177. The van der Waals surface area contributed by atoms with Gasteiger partial charge in [0.1, 0.15) is 0 Å². The quantitative estimate of drug-likeness (QED) is 0.469. The highest BCUT2D eigenvalue weighted by atomic mass is 32.2. The lowest BCUT2D eigenvalue weighted by molar-refractivity contribution is 0.162. The molecule has 0 aliphatic heterocycles. The zero-order chi connectivity index (χ0) is 8.15. The Hall–Kier alpha value is -0.710. The Morgan fingerprint density at radius 3 is 2.60 bits per heavy atom. The SMILES string of the molecule is CSC(=N)CN(C)C(=O)O. The third-order valence-corrected chi connectivity index (χ3v) is 1.58. The van der Waals surface area contributed by atoms with Gasteiger partial charge in [0.2, 0.25) is 0 Å². The van der Waals surface area contributed by atoms with Crippen LogP contribution in [0.25, 0.3) is 0 Å². The van der Waals surface area contributed by atoms with E-state index in [2.05, 4.69) is 0 Å². The van der Waals surface area contributed by atoms with Crippen molar-refractivity contribution >= 4 is 22.9 Å². The minimum atomic E-state index is -1.00. The first-order valence-corrected chi connectivity index (χ1v) is 3.86. The van der Waals surface area contributed by atoms with E-state index < -0.39 is 6.09 Å². The Labute approximate surface area is 63.7 Å². The molecule has 0 saturated carbocycles. The molecule has 0 unspecified atom stereocenters. The highest BCUT2D eigenvalue weighted by molar-refractivity contribution is 8.13. The fraction of sp³-hybridized carbons (Fsp3) is 0.600. The molecule has 0 atom stereocenters. The molecule has 0 heterocycles. The summed E-state index contributed by atoms with van der Waals surface area (Å²) in [6.07, 6.45) is 0.747. The zero-order valence-corrected chi connectivity index (χ0v) is 6.73. The predicted octanol–water partition coefficient (Wildman–Crippen LogP) is 0.936. The van der Waals surface area contributed by atoms with Gasteiger partial charge in [0.25, 0.3) is 0 Å². The Kier molecular flexibility index (Phi) is 3.87. The lowest BCUT2D eigenvalue weighted by Gasteiger charge is -2.11. The normalized spacial score (nSPS) is 9.00. The van der Waals surface area contributed by atoms with Crippen molar-refractivity contribution in [2.75, 3.05) is 19.8 Å². The van der Waals surface area contributed by atoms with E-state index in [1.54, 1.807) is 6.26 Å². The highest BCUT2D eigenvalue weighted by Crippen LogP contribution is 1.96. The summed E-state index contributed by atoms with van der Waals surface area (Å²) in [5, 5.41) is 15.8. The van der Waals surface area contributed by atoms with Crippen LogP contribution in [-0.2, 0) is 0 Å². The van der Waals surface area contributed by atoms with Gasteiger partial charge in [-0.05, 0) is 6.26 Å². The number of rotatable bonds is 2. The Bertz CT molecular complexity index is 149. The number of hydrogen-bond donors (Lipinski definition) is 2. The van der Waals surface area contributed by atoms with Gasteiger partial charge in [-0.2, -0.15) is 0 Å². The number of nitrogens with zero attached hydrogens (tertiary/aromatic N) is 1. The molecule has 0 saturated heterocycles. The molecule has 2 N–H and O–H groups in total. The summed E-state index contributed by atoms with van der Waals surface area (Å²) < 4.78 is 0. The highest BCUT2D eigenvalue weighted by Gasteiger charge is 2.06. The number of nitrogens with one attached hydrogen (secondary N) is 1. The average Bonchev–Trinajstić information content (AvgIpc) is 1.87. The van der Waals surface area contributed by atoms with Crippen LogP contribution in [0.2, 0.25) is 0 Å². The summed E-state index contributed by atoms with van der Waals surface area (Å²) in [4.78, 5) is 11.2. The van der Waals surface area contributed by atoms with Gasteiger partial charge in [-0.3, -0.25) is 5.41 Å². The molecule has 0 rings (SSSR count). The zero-order valence-electron chi connectivity index (χ0n) is 5.92. The van der Waals surface area contributed by atoms with Crippen molar-refractivity contribution in [1.82, 2.24) is 4.90 Å². The number of thioether (sulfide) groups is 1. The minimum absolute atomic E-state index is 0.177.